The second-order valence-electron chi connectivity index (χ2n) is 4.08. The topological polar surface area (TPSA) is 61.4 Å². The molecular formula is C13H19ClN2O2. The fraction of sp³-hybridized carbons (Fsp3) is 0.462. The molecule has 0 fully saturated rings. The average Bonchev–Trinajstić information content (AvgIpc) is 2.37. The van der Waals surface area contributed by atoms with Crippen LogP contribution in [0, 0.1) is 6.92 Å². The summed E-state index contributed by atoms with van der Waals surface area (Å²) >= 11 is 5.52. The first-order chi connectivity index (χ1) is 8.58. The molecule has 0 aliphatic carbocycles. The van der Waals surface area contributed by atoms with Crippen molar-refractivity contribution < 1.29 is 9.90 Å². The predicted octanol–water partition coefficient (Wildman–Crippen LogP) is 1.76. The minimum Gasteiger partial charge on any atom is -0.390 e. The van der Waals surface area contributed by atoms with Crippen molar-refractivity contribution in [1.82, 2.24) is 5.32 Å². The zero-order chi connectivity index (χ0) is 13.5. The van der Waals surface area contributed by atoms with Gasteiger partial charge in [-0.05, 0) is 37.6 Å². The van der Waals surface area contributed by atoms with Crippen molar-refractivity contribution in [2.75, 3.05) is 24.3 Å². The highest BCUT2D eigenvalue weighted by Gasteiger charge is 2.07. The first kappa shape index (κ1) is 14.8. The molecule has 0 aromatic heterocycles. The van der Waals surface area contributed by atoms with Gasteiger partial charge in [0.25, 0.3) is 5.91 Å². The summed E-state index contributed by atoms with van der Waals surface area (Å²) in [6.07, 6.45) is -0.575. The highest BCUT2D eigenvalue weighted by Crippen LogP contribution is 2.16. The molecule has 100 valence electrons. The fourth-order valence-corrected chi connectivity index (χ4v) is 1.66. The summed E-state index contributed by atoms with van der Waals surface area (Å²) in [7, 11) is 0. The normalized spacial score (nSPS) is 12.0. The molecule has 1 atom stereocenters. The second-order valence-corrected chi connectivity index (χ2v) is 4.39. The lowest BCUT2D eigenvalue weighted by Crippen LogP contribution is -2.23. The summed E-state index contributed by atoms with van der Waals surface area (Å²) in [6.45, 7) is 4.80. The Morgan fingerprint density at radius 1 is 1.50 bits per heavy atom. The molecule has 18 heavy (non-hydrogen) atoms. The zero-order valence-corrected chi connectivity index (χ0v) is 11.4. The first-order valence-corrected chi connectivity index (χ1v) is 6.48. The summed E-state index contributed by atoms with van der Waals surface area (Å²) in [4.78, 5) is 11.6. The van der Waals surface area contributed by atoms with Crippen molar-refractivity contribution in [3.8, 4) is 0 Å². The molecule has 0 spiro atoms. The van der Waals surface area contributed by atoms with Crippen LogP contribution in [0.1, 0.15) is 22.8 Å². The Kier molecular flexibility index (Phi) is 5.95. The summed E-state index contributed by atoms with van der Waals surface area (Å²) < 4.78 is 0. The number of halogens is 1. The third kappa shape index (κ3) is 4.20. The zero-order valence-electron chi connectivity index (χ0n) is 10.7. The van der Waals surface area contributed by atoms with Crippen molar-refractivity contribution >= 4 is 23.2 Å². The number of alkyl halides is 1. The van der Waals surface area contributed by atoms with Crippen LogP contribution < -0.4 is 10.6 Å². The lowest BCUT2D eigenvalue weighted by molar-refractivity contribution is 0.0955. The van der Waals surface area contributed by atoms with Gasteiger partial charge in [-0.25, -0.2) is 0 Å². The Hall–Kier alpha value is -1.26. The molecule has 0 saturated carbocycles. The number of carbonyl (C=O) groups excluding carboxylic acids is 1. The van der Waals surface area contributed by atoms with E-state index in [4.69, 9.17) is 11.6 Å². The van der Waals surface area contributed by atoms with Crippen LogP contribution in [0.15, 0.2) is 18.2 Å². The third-order valence-electron chi connectivity index (χ3n) is 2.53. The molecule has 1 unspecified atom stereocenters. The highest BCUT2D eigenvalue weighted by molar-refractivity contribution is 6.18. The molecule has 0 aliphatic heterocycles. The number of carbonyl (C=O) groups is 1. The quantitative estimate of drug-likeness (QED) is 0.691. The van der Waals surface area contributed by atoms with Gasteiger partial charge >= 0.3 is 0 Å². The molecule has 1 rings (SSSR count). The van der Waals surface area contributed by atoms with Crippen molar-refractivity contribution in [3.05, 3.63) is 29.3 Å². The molecule has 1 aromatic carbocycles. The van der Waals surface area contributed by atoms with Crippen molar-refractivity contribution in [2.24, 2.45) is 0 Å². The van der Waals surface area contributed by atoms with Gasteiger partial charge in [-0.15, -0.1) is 11.6 Å². The highest BCUT2D eigenvalue weighted by atomic mass is 35.5. The molecule has 0 saturated heterocycles. The molecule has 3 N–H and O–H groups in total. The van der Waals surface area contributed by atoms with Crippen molar-refractivity contribution in [1.29, 1.82) is 0 Å². The van der Waals surface area contributed by atoms with E-state index in [1.54, 1.807) is 6.07 Å². The molecule has 0 aliphatic rings. The fourth-order valence-electron chi connectivity index (χ4n) is 1.55. The number of aliphatic hydroxyl groups excluding tert-OH is 1. The number of aliphatic hydroxyl groups is 1. The molecule has 5 heteroatoms. The number of hydrogen-bond acceptors (Lipinski definition) is 3. The smallest absolute Gasteiger partial charge is 0.251 e. The SMILES string of the molecule is CCNC(=O)c1ccc(NCC(O)CCl)c(C)c1. The van der Waals surface area contributed by atoms with Crippen molar-refractivity contribution in [3.63, 3.8) is 0 Å². The number of benzene rings is 1. The number of nitrogens with one attached hydrogen (secondary N) is 2. The maximum atomic E-state index is 11.6. The van der Waals surface area contributed by atoms with Gasteiger partial charge in [0, 0.05) is 24.3 Å². The van der Waals surface area contributed by atoms with Gasteiger partial charge in [-0.1, -0.05) is 0 Å². The predicted molar refractivity (Wildman–Crippen MR) is 74.4 cm³/mol. The Morgan fingerprint density at radius 2 is 2.22 bits per heavy atom. The van der Waals surface area contributed by atoms with Crippen LogP contribution in [0.5, 0.6) is 0 Å². The lowest BCUT2D eigenvalue weighted by Gasteiger charge is -2.13. The summed E-state index contributed by atoms with van der Waals surface area (Å²) in [6, 6.07) is 5.41. The van der Waals surface area contributed by atoms with E-state index >= 15 is 0 Å². The van der Waals surface area contributed by atoms with Gasteiger partial charge in [-0.3, -0.25) is 4.79 Å². The van der Waals surface area contributed by atoms with Gasteiger partial charge in [0.1, 0.15) is 0 Å². The maximum absolute atomic E-state index is 11.6. The Labute approximate surface area is 112 Å². The van der Waals surface area contributed by atoms with Gasteiger partial charge < -0.3 is 15.7 Å². The van der Waals surface area contributed by atoms with E-state index in [0.29, 0.717) is 18.7 Å². The van der Waals surface area contributed by atoms with Gasteiger partial charge in [0.05, 0.1) is 12.0 Å². The van der Waals surface area contributed by atoms with Crippen LogP contribution >= 0.6 is 11.6 Å². The average molecular weight is 271 g/mol. The van der Waals surface area contributed by atoms with E-state index in [1.807, 2.05) is 26.0 Å². The number of amides is 1. The van der Waals surface area contributed by atoms with Crippen LogP contribution in [0.25, 0.3) is 0 Å². The van der Waals surface area contributed by atoms with E-state index in [2.05, 4.69) is 10.6 Å². The lowest BCUT2D eigenvalue weighted by atomic mass is 10.1. The van der Waals surface area contributed by atoms with Crippen LogP contribution in [-0.4, -0.2) is 36.1 Å². The number of aryl methyl sites for hydroxylation is 1. The molecule has 0 radical (unpaired) electrons. The molecule has 4 nitrogen and oxygen atoms in total. The van der Waals surface area contributed by atoms with Crippen LogP contribution in [0.4, 0.5) is 5.69 Å². The van der Waals surface area contributed by atoms with Gasteiger partial charge in [0.15, 0.2) is 0 Å². The molecular weight excluding hydrogens is 252 g/mol. The Morgan fingerprint density at radius 3 is 2.78 bits per heavy atom. The second kappa shape index (κ2) is 7.24. The largest absolute Gasteiger partial charge is 0.390 e. The maximum Gasteiger partial charge on any atom is 0.251 e. The monoisotopic (exact) mass is 270 g/mol. The minimum absolute atomic E-state index is 0.0760. The standard InChI is InChI=1S/C13H19ClN2O2/c1-3-15-13(18)10-4-5-12(9(2)6-10)16-8-11(17)7-14/h4-6,11,16-17H,3,7-8H2,1-2H3,(H,15,18). The number of rotatable bonds is 6. The first-order valence-electron chi connectivity index (χ1n) is 5.95. The van der Waals surface area contributed by atoms with Crippen LogP contribution in [-0.2, 0) is 0 Å². The summed E-state index contributed by atoms with van der Waals surface area (Å²) in [5.41, 5.74) is 2.49. The molecule has 1 aromatic rings. The molecule has 0 bridgehead atoms. The number of anilines is 1. The van der Waals surface area contributed by atoms with Gasteiger partial charge in [0.2, 0.25) is 0 Å². The summed E-state index contributed by atoms with van der Waals surface area (Å²) in [5, 5.41) is 15.2. The molecule has 0 heterocycles. The molecule has 1 amide bonds. The van der Waals surface area contributed by atoms with E-state index in [0.717, 1.165) is 11.3 Å². The van der Waals surface area contributed by atoms with Crippen LogP contribution in [0.3, 0.4) is 0 Å². The Balaban J connectivity index is 2.70. The third-order valence-corrected chi connectivity index (χ3v) is 2.89. The number of hydrogen-bond donors (Lipinski definition) is 3. The van der Waals surface area contributed by atoms with E-state index in [-0.39, 0.29) is 11.8 Å². The van der Waals surface area contributed by atoms with Gasteiger partial charge in [-0.2, -0.15) is 0 Å². The van der Waals surface area contributed by atoms with E-state index in [9.17, 15) is 9.90 Å². The summed E-state index contributed by atoms with van der Waals surface area (Å²) in [5.74, 6) is 0.121. The Bertz CT molecular complexity index is 410. The van der Waals surface area contributed by atoms with Crippen molar-refractivity contribution in [2.45, 2.75) is 20.0 Å². The van der Waals surface area contributed by atoms with Crippen LogP contribution in [0.2, 0.25) is 0 Å². The van der Waals surface area contributed by atoms with E-state index < -0.39 is 6.10 Å². The minimum atomic E-state index is -0.575. The van der Waals surface area contributed by atoms with E-state index in [1.165, 1.54) is 0 Å².